The van der Waals surface area contributed by atoms with Crippen LogP contribution < -0.4 is 5.32 Å². The molecule has 4 aromatic rings. The van der Waals surface area contributed by atoms with Gasteiger partial charge in [0.05, 0.1) is 6.54 Å². The van der Waals surface area contributed by atoms with Crippen LogP contribution in [-0.2, 0) is 23.4 Å². The Kier molecular flexibility index (Phi) is 6.25. The molecule has 6 heteroatoms. The van der Waals surface area contributed by atoms with Crippen molar-refractivity contribution in [3.63, 3.8) is 0 Å². The van der Waals surface area contributed by atoms with Crippen LogP contribution in [0.2, 0.25) is 5.02 Å². The third-order valence-corrected chi connectivity index (χ3v) is 8.20. The number of hydrogen-bond donors (Lipinski definition) is 1. The lowest BCUT2D eigenvalue weighted by Gasteiger charge is -2.47. The normalized spacial score (nSPS) is 20.1. The van der Waals surface area contributed by atoms with Gasteiger partial charge >= 0.3 is 0 Å². The van der Waals surface area contributed by atoms with E-state index in [1.165, 1.54) is 6.42 Å². The molecule has 37 heavy (non-hydrogen) atoms. The molecule has 6 rings (SSSR count). The van der Waals surface area contributed by atoms with E-state index in [9.17, 15) is 9.59 Å². The number of benzene rings is 3. The number of nitrogens with one attached hydrogen (secondary N) is 1. The van der Waals surface area contributed by atoms with Crippen LogP contribution >= 0.6 is 11.6 Å². The summed E-state index contributed by atoms with van der Waals surface area (Å²) in [5.74, 6) is -0.267. The summed E-state index contributed by atoms with van der Waals surface area (Å²) in [5.41, 5.74) is 2.10. The summed E-state index contributed by atoms with van der Waals surface area (Å²) in [6, 6.07) is 27.3. The fourth-order valence-corrected chi connectivity index (χ4v) is 6.13. The predicted molar refractivity (Wildman–Crippen MR) is 146 cm³/mol. The topological polar surface area (TPSA) is 54.3 Å². The summed E-state index contributed by atoms with van der Waals surface area (Å²) >= 11 is 6.16. The van der Waals surface area contributed by atoms with Crippen molar-refractivity contribution >= 4 is 34.3 Å². The van der Waals surface area contributed by atoms with E-state index < -0.39 is 5.54 Å². The molecule has 0 spiro atoms. The molecular weight excluding hydrogens is 482 g/mol. The van der Waals surface area contributed by atoms with Gasteiger partial charge in [-0.1, -0.05) is 91.5 Å². The van der Waals surface area contributed by atoms with Gasteiger partial charge in [-0.15, -0.1) is 0 Å². The number of carbonyl (C=O) groups excluding carboxylic acids is 2. The first-order valence-corrected chi connectivity index (χ1v) is 13.5. The van der Waals surface area contributed by atoms with Crippen LogP contribution in [-0.4, -0.2) is 27.3 Å². The first kappa shape index (κ1) is 23.8. The Morgan fingerprint density at radius 1 is 0.919 bits per heavy atom. The molecule has 0 saturated heterocycles. The lowest BCUT2D eigenvalue weighted by atomic mass is 9.83. The van der Waals surface area contributed by atoms with Crippen LogP contribution in [0.15, 0.2) is 84.9 Å². The van der Waals surface area contributed by atoms with Gasteiger partial charge in [-0.3, -0.25) is 9.59 Å². The number of hydrogen-bond acceptors (Lipinski definition) is 2. The highest BCUT2D eigenvalue weighted by molar-refractivity contribution is 6.30. The Labute approximate surface area is 222 Å². The minimum atomic E-state index is -1.20. The monoisotopic (exact) mass is 511 g/mol. The molecule has 2 heterocycles. The van der Waals surface area contributed by atoms with Gasteiger partial charge in [-0.25, -0.2) is 0 Å². The summed E-state index contributed by atoms with van der Waals surface area (Å²) in [7, 11) is 0. The zero-order valence-corrected chi connectivity index (χ0v) is 21.5. The maximum Gasteiger partial charge on any atom is 0.272 e. The van der Waals surface area contributed by atoms with Crippen LogP contribution in [0, 0.1) is 0 Å². The second-order valence-electron chi connectivity index (χ2n) is 10.2. The molecule has 0 radical (unpaired) electrons. The molecule has 1 N–H and O–H groups in total. The van der Waals surface area contributed by atoms with E-state index in [-0.39, 0.29) is 17.9 Å². The van der Waals surface area contributed by atoms with Crippen LogP contribution in [0.5, 0.6) is 0 Å². The maximum atomic E-state index is 14.5. The van der Waals surface area contributed by atoms with E-state index in [0.717, 1.165) is 47.7 Å². The smallest absolute Gasteiger partial charge is 0.272 e. The number of aromatic nitrogens is 1. The Balaban J connectivity index is 1.53. The van der Waals surface area contributed by atoms with Crippen molar-refractivity contribution in [2.24, 2.45) is 0 Å². The van der Waals surface area contributed by atoms with E-state index in [1.54, 1.807) is 4.90 Å². The molecular formula is C31H30ClN3O2. The second-order valence-corrected chi connectivity index (χ2v) is 10.7. The van der Waals surface area contributed by atoms with Crippen molar-refractivity contribution in [2.45, 2.75) is 56.8 Å². The molecule has 5 nitrogen and oxygen atoms in total. The van der Waals surface area contributed by atoms with Gasteiger partial charge in [0.1, 0.15) is 5.69 Å². The summed E-state index contributed by atoms with van der Waals surface area (Å²) < 4.78 is 2.03. The quantitative estimate of drug-likeness (QED) is 0.342. The molecule has 1 aliphatic heterocycles. The van der Waals surface area contributed by atoms with E-state index in [0.29, 0.717) is 23.8 Å². The molecule has 2 amide bonds. The maximum absolute atomic E-state index is 14.5. The van der Waals surface area contributed by atoms with Crippen molar-refractivity contribution in [2.75, 3.05) is 0 Å². The number of amides is 2. The Morgan fingerprint density at radius 2 is 1.62 bits per heavy atom. The molecule has 0 unspecified atom stereocenters. The molecule has 1 aliphatic carbocycles. The fraction of sp³-hybridized carbons (Fsp3) is 0.290. The number of fused-ring (bicyclic) bond motifs is 3. The number of nitrogens with zero attached hydrogens (tertiary/aromatic N) is 2. The summed E-state index contributed by atoms with van der Waals surface area (Å²) in [6.45, 7) is 0.641. The Bertz CT molecular complexity index is 1440. The second kappa shape index (κ2) is 9.71. The molecule has 1 aromatic heterocycles. The number of carbonyl (C=O) groups is 2. The zero-order valence-electron chi connectivity index (χ0n) is 20.7. The number of halogens is 1. The molecule has 188 valence electrons. The molecule has 1 atom stereocenters. The van der Waals surface area contributed by atoms with Crippen molar-refractivity contribution < 1.29 is 9.59 Å². The Hall–Kier alpha value is -3.57. The highest BCUT2D eigenvalue weighted by Gasteiger charge is 2.52. The average molecular weight is 512 g/mol. The third-order valence-electron chi connectivity index (χ3n) is 7.94. The number of rotatable bonds is 5. The molecule has 0 bridgehead atoms. The van der Waals surface area contributed by atoms with Crippen molar-refractivity contribution in [1.82, 2.24) is 14.8 Å². The highest BCUT2D eigenvalue weighted by Crippen LogP contribution is 2.40. The van der Waals surface area contributed by atoms with Gasteiger partial charge in [-0.05, 0) is 48.2 Å². The van der Waals surface area contributed by atoms with Crippen LogP contribution in [0.4, 0.5) is 0 Å². The summed E-state index contributed by atoms with van der Waals surface area (Å²) in [5, 5.41) is 5.01. The van der Waals surface area contributed by atoms with Crippen LogP contribution in [0.1, 0.15) is 53.7 Å². The largest absolute Gasteiger partial charge is 0.351 e. The van der Waals surface area contributed by atoms with Crippen LogP contribution in [0.25, 0.3) is 10.9 Å². The van der Waals surface area contributed by atoms with Gasteiger partial charge in [0.25, 0.3) is 11.8 Å². The molecule has 1 fully saturated rings. The minimum absolute atomic E-state index is 0.114. The average Bonchev–Trinajstić information content (AvgIpc) is 3.31. The standard InChI is InChI=1S/C31H30ClN3O2/c32-25-17-15-22(16-18-25)20-35-29(36)28-19-23-9-7-8-14-27(23)34(28)21-31(35,24-10-3-1-4-11-24)30(37)33-26-12-5-2-6-13-26/h1,3-4,7-11,14-19,26H,2,5-6,12-13,20-21H2,(H,33,37)/t31-/m1/s1. The summed E-state index contributed by atoms with van der Waals surface area (Å²) in [4.78, 5) is 30.6. The SMILES string of the molecule is O=C1c2cc3ccccc3n2C[C@](C(=O)NC2CCCCC2)(c2ccccc2)N1Cc1ccc(Cl)cc1. The highest BCUT2D eigenvalue weighted by atomic mass is 35.5. The molecule has 3 aromatic carbocycles. The summed E-state index contributed by atoms with van der Waals surface area (Å²) in [6.07, 6.45) is 5.38. The van der Waals surface area contributed by atoms with Gasteiger partial charge in [-0.2, -0.15) is 0 Å². The predicted octanol–water partition coefficient (Wildman–Crippen LogP) is 6.30. The fourth-order valence-electron chi connectivity index (χ4n) is 6.00. The van der Waals surface area contributed by atoms with E-state index >= 15 is 0 Å². The van der Waals surface area contributed by atoms with Crippen molar-refractivity contribution in [1.29, 1.82) is 0 Å². The lowest BCUT2D eigenvalue weighted by molar-refractivity contribution is -0.136. The van der Waals surface area contributed by atoms with E-state index in [2.05, 4.69) is 5.32 Å². The molecule has 2 aliphatic rings. The van der Waals surface area contributed by atoms with Gasteiger partial charge in [0.2, 0.25) is 0 Å². The minimum Gasteiger partial charge on any atom is -0.351 e. The van der Waals surface area contributed by atoms with E-state index in [4.69, 9.17) is 11.6 Å². The van der Waals surface area contributed by atoms with Gasteiger partial charge < -0.3 is 14.8 Å². The Morgan fingerprint density at radius 3 is 2.38 bits per heavy atom. The first-order chi connectivity index (χ1) is 18.1. The molecule has 1 saturated carbocycles. The van der Waals surface area contributed by atoms with Crippen molar-refractivity contribution in [3.8, 4) is 0 Å². The van der Waals surface area contributed by atoms with Gasteiger partial charge in [0.15, 0.2) is 5.54 Å². The van der Waals surface area contributed by atoms with Gasteiger partial charge in [0, 0.05) is 28.5 Å². The van der Waals surface area contributed by atoms with Crippen LogP contribution in [0.3, 0.4) is 0 Å². The first-order valence-electron chi connectivity index (χ1n) is 13.1. The zero-order chi connectivity index (χ0) is 25.4. The van der Waals surface area contributed by atoms with Crippen molar-refractivity contribution in [3.05, 3.63) is 107 Å². The third kappa shape index (κ3) is 4.21. The number of para-hydroxylation sites is 1. The lowest BCUT2D eigenvalue weighted by Crippen LogP contribution is -2.64. The van der Waals surface area contributed by atoms with E-state index in [1.807, 2.05) is 89.5 Å².